The second kappa shape index (κ2) is 8.92. The molecule has 0 aliphatic carbocycles. The molecule has 0 fully saturated rings. The summed E-state index contributed by atoms with van der Waals surface area (Å²) in [4.78, 5) is 4.25. The fourth-order valence-electron chi connectivity index (χ4n) is 5.12. The van der Waals surface area contributed by atoms with Crippen LogP contribution >= 0.6 is 0 Å². The van der Waals surface area contributed by atoms with Gasteiger partial charge in [0.25, 0.3) is 0 Å². The van der Waals surface area contributed by atoms with Gasteiger partial charge in [-0.25, -0.2) is 0 Å². The smallest absolute Gasteiger partial charge is 0.143 e. The van der Waals surface area contributed by atoms with E-state index in [0.29, 0.717) is 0 Å². The Hall–Kier alpha value is -4.95. The van der Waals surface area contributed by atoms with E-state index in [-0.39, 0.29) is 0 Å². The molecule has 5 aromatic carbocycles. The SMILES string of the molecule is c1ccc(-c2ccc(-c3cccc4c3oc3c(-c5ccc(-c6cccnc6)cc5)cccc34)cc2)cc1. The first-order valence-corrected chi connectivity index (χ1v) is 12.5. The molecule has 0 amide bonds. The lowest BCUT2D eigenvalue weighted by atomic mass is 9.98. The van der Waals surface area contributed by atoms with Gasteiger partial charge in [-0.15, -0.1) is 0 Å². The molecule has 0 bridgehead atoms. The predicted molar refractivity (Wildman–Crippen MR) is 153 cm³/mol. The molecule has 0 atom stereocenters. The number of hydrogen-bond acceptors (Lipinski definition) is 2. The molecule has 2 nitrogen and oxygen atoms in total. The Bertz CT molecular complexity index is 1700. The molecular formula is C35H23NO. The molecule has 2 aromatic heterocycles. The first-order valence-electron chi connectivity index (χ1n) is 12.5. The zero-order chi connectivity index (χ0) is 24.6. The summed E-state index contributed by atoms with van der Waals surface area (Å²) in [7, 11) is 0. The molecule has 7 rings (SSSR count). The Morgan fingerprint density at radius 3 is 1.41 bits per heavy atom. The molecule has 2 heterocycles. The maximum atomic E-state index is 6.64. The van der Waals surface area contributed by atoms with Crippen molar-refractivity contribution in [1.29, 1.82) is 0 Å². The minimum Gasteiger partial charge on any atom is -0.455 e. The first kappa shape index (κ1) is 21.3. The highest BCUT2D eigenvalue weighted by molar-refractivity contribution is 6.13. The molecule has 0 radical (unpaired) electrons. The third kappa shape index (κ3) is 3.80. The molecule has 0 spiro atoms. The normalized spacial score (nSPS) is 11.2. The number of rotatable bonds is 4. The third-order valence-corrected chi connectivity index (χ3v) is 7.02. The fraction of sp³-hybridized carbons (Fsp3) is 0. The van der Waals surface area contributed by atoms with Crippen LogP contribution in [0.25, 0.3) is 66.4 Å². The van der Waals surface area contributed by atoms with Gasteiger partial charge in [0.2, 0.25) is 0 Å². The Balaban J connectivity index is 1.32. The van der Waals surface area contributed by atoms with Gasteiger partial charge in [0, 0.05) is 34.3 Å². The maximum absolute atomic E-state index is 6.64. The van der Waals surface area contributed by atoms with E-state index in [0.717, 1.165) is 55.3 Å². The summed E-state index contributed by atoms with van der Waals surface area (Å²) in [6.07, 6.45) is 3.69. The van der Waals surface area contributed by atoms with Crippen LogP contribution < -0.4 is 0 Å². The Morgan fingerprint density at radius 1 is 0.378 bits per heavy atom. The van der Waals surface area contributed by atoms with Gasteiger partial charge in [0.15, 0.2) is 0 Å². The first-order chi connectivity index (χ1) is 18.3. The van der Waals surface area contributed by atoms with Gasteiger partial charge in [0.1, 0.15) is 11.2 Å². The standard InChI is InChI=1S/C35H23NO/c1-2-7-24(8-3-1)25-14-18-27(19-15-25)30-10-4-12-32-33-13-5-11-31(35(33)37-34(30)32)28-20-16-26(17-21-28)29-9-6-22-36-23-29/h1-23H. The maximum Gasteiger partial charge on any atom is 0.143 e. The van der Waals surface area contributed by atoms with E-state index >= 15 is 0 Å². The summed E-state index contributed by atoms with van der Waals surface area (Å²) in [5.74, 6) is 0. The van der Waals surface area contributed by atoms with Gasteiger partial charge in [-0.05, 0) is 39.4 Å². The van der Waals surface area contributed by atoms with Crippen LogP contribution in [0.5, 0.6) is 0 Å². The van der Waals surface area contributed by atoms with Crippen LogP contribution in [-0.4, -0.2) is 4.98 Å². The number of fused-ring (bicyclic) bond motifs is 3. The zero-order valence-corrected chi connectivity index (χ0v) is 20.1. The highest BCUT2D eigenvalue weighted by Gasteiger charge is 2.15. The zero-order valence-electron chi connectivity index (χ0n) is 20.1. The minimum absolute atomic E-state index is 0.917. The van der Waals surface area contributed by atoms with Crippen molar-refractivity contribution in [3.63, 3.8) is 0 Å². The number of pyridine rings is 1. The number of furan rings is 1. The molecule has 0 aliphatic rings. The monoisotopic (exact) mass is 473 g/mol. The van der Waals surface area contributed by atoms with E-state index in [1.807, 2.05) is 18.3 Å². The molecule has 0 saturated carbocycles. The number of para-hydroxylation sites is 2. The minimum atomic E-state index is 0.917. The van der Waals surface area contributed by atoms with Gasteiger partial charge < -0.3 is 4.42 Å². The Labute approximate surface area is 215 Å². The second-order valence-electron chi connectivity index (χ2n) is 9.23. The molecule has 0 aliphatic heterocycles. The summed E-state index contributed by atoms with van der Waals surface area (Å²) in [6.45, 7) is 0. The largest absolute Gasteiger partial charge is 0.455 e. The van der Waals surface area contributed by atoms with Crippen molar-refractivity contribution in [3.05, 3.63) is 140 Å². The van der Waals surface area contributed by atoms with Crippen LogP contribution in [0.4, 0.5) is 0 Å². The third-order valence-electron chi connectivity index (χ3n) is 7.02. The van der Waals surface area contributed by atoms with Crippen LogP contribution in [0.3, 0.4) is 0 Å². The average molecular weight is 474 g/mol. The average Bonchev–Trinajstić information content (AvgIpc) is 3.38. The van der Waals surface area contributed by atoms with Crippen molar-refractivity contribution in [2.75, 3.05) is 0 Å². The summed E-state index contributed by atoms with van der Waals surface area (Å²) in [6, 6.07) is 44.7. The molecule has 0 unspecified atom stereocenters. The fourth-order valence-corrected chi connectivity index (χ4v) is 5.12. The van der Waals surface area contributed by atoms with Crippen molar-refractivity contribution < 1.29 is 4.42 Å². The van der Waals surface area contributed by atoms with Gasteiger partial charge in [-0.3, -0.25) is 4.98 Å². The quantitative estimate of drug-likeness (QED) is 0.254. The highest BCUT2D eigenvalue weighted by atomic mass is 16.3. The Kier molecular flexibility index (Phi) is 5.15. The highest BCUT2D eigenvalue weighted by Crippen LogP contribution is 2.40. The van der Waals surface area contributed by atoms with Gasteiger partial charge >= 0.3 is 0 Å². The van der Waals surface area contributed by atoms with Crippen molar-refractivity contribution in [1.82, 2.24) is 4.98 Å². The lowest BCUT2D eigenvalue weighted by Gasteiger charge is -2.06. The number of benzene rings is 5. The summed E-state index contributed by atoms with van der Waals surface area (Å²) < 4.78 is 6.64. The predicted octanol–water partition coefficient (Wildman–Crippen LogP) is 9.65. The van der Waals surface area contributed by atoms with Crippen LogP contribution in [0.15, 0.2) is 144 Å². The topological polar surface area (TPSA) is 26.0 Å². The van der Waals surface area contributed by atoms with Gasteiger partial charge in [0.05, 0.1) is 0 Å². The number of hydrogen-bond donors (Lipinski definition) is 0. The van der Waals surface area contributed by atoms with E-state index in [9.17, 15) is 0 Å². The van der Waals surface area contributed by atoms with Crippen LogP contribution in [-0.2, 0) is 0 Å². The molecule has 0 saturated heterocycles. The van der Waals surface area contributed by atoms with Crippen LogP contribution in [0.1, 0.15) is 0 Å². The van der Waals surface area contributed by atoms with Crippen LogP contribution in [0.2, 0.25) is 0 Å². The number of nitrogens with zero attached hydrogens (tertiary/aromatic N) is 1. The summed E-state index contributed by atoms with van der Waals surface area (Å²) in [5, 5.41) is 2.26. The summed E-state index contributed by atoms with van der Waals surface area (Å²) >= 11 is 0. The van der Waals surface area contributed by atoms with Crippen LogP contribution in [0, 0.1) is 0 Å². The van der Waals surface area contributed by atoms with Crippen molar-refractivity contribution in [2.45, 2.75) is 0 Å². The van der Waals surface area contributed by atoms with Crippen molar-refractivity contribution in [2.24, 2.45) is 0 Å². The van der Waals surface area contributed by atoms with E-state index < -0.39 is 0 Å². The molecule has 37 heavy (non-hydrogen) atoms. The lowest BCUT2D eigenvalue weighted by molar-refractivity contribution is 0.671. The molecule has 174 valence electrons. The lowest BCUT2D eigenvalue weighted by Crippen LogP contribution is -1.82. The molecule has 7 aromatic rings. The summed E-state index contributed by atoms with van der Waals surface area (Å²) in [5.41, 5.74) is 11.0. The second-order valence-corrected chi connectivity index (χ2v) is 9.23. The molecule has 0 N–H and O–H groups in total. The van der Waals surface area contributed by atoms with E-state index in [2.05, 4.69) is 120 Å². The van der Waals surface area contributed by atoms with E-state index in [1.165, 1.54) is 11.1 Å². The van der Waals surface area contributed by atoms with Crippen molar-refractivity contribution >= 4 is 21.9 Å². The van der Waals surface area contributed by atoms with E-state index in [4.69, 9.17) is 4.42 Å². The Morgan fingerprint density at radius 2 is 0.865 bits per heavy atom. The number of aromatic nitrogens is 1. The molecular weight excluding hydrogens is 450 g/mol. The van der Waals surface area contributed by atoms with Gasteiger partial charge in [-0.2, -0.15) is 0 Å². The molecule has 2 heteroatoms. The van der Waals surface area contributed by atoms with Crippen molar-refractivity contribution in [3.8, 4) is 44.5 Å². The van der Waals surface area contributed by atoms with Gasteiger partial charge in [-0.1, -0.05) is 121 Å². The van der Waals surface area contributed by atoms with E-state index in [1.54, 1.807) is 6.20 Å².